The van der Waals surface area contributed by atoms with Crippen LogP contribution in [0, 0.1) is 28.6 Å². The average molecular weight is 688 g/mol. The number of nitrogens with one attached hydrogen (secondary N) is 1. The monoisotopic (exact) mass is 687 g/mol. The second-order valence-corrected chi connectivity index (χ2v) is 16.7. The number of rotatable bonds is 9. The van der Waals surface area contributed by atoms with Gasteiger partial charge in [0, 0.05) is 38.3 Å². The van der Waals surface area contributed by atoms with Crippen LogP contribution in [0.15, 0.2) is 42.0 Å². The second kappa shape index (κ2) is 13.9. The molecular weight excluding hydrogens is 633 g/mol. The zero-order chi connectivity index (χ0) is 35.3. The zero-order valence-electron chi connectivity index (χ0n) is 30.4. The maximum atomic E-state index is 13.7. The Balaban J connectivity index is 0.971. The molecule has 0 aromatic heterocycles. The Bertz CT molecular complexity index is 1490. The van der Waals surface area contributed by atoms with Gasteiger partial charge in [-0.1, -0.05) is 44.2 Å². The van der Waals surface area contributed by atoms with Gasteiger partial charge in [0.15, 0.2) is 0 Å². The number of amides is 2. The summed E-state index contributed by atoms with van der Waals surface area (Å²) >= 11 is 0. The first-order valence-corrected chi connectivity index (χ1v) is 18.7. The van der Waals surface area contributed by atoms with Crippen molar-refractivity contribution in [2.75, 3.05) is 52.5 Å². The maximum Gasteiger partial charge on any atom is 0.482 e. The Morgan fingerprint density at radius 3 is 2.52 bits per heavy atom. The van der Waals surface area contributed by atoms with Crippen LogP contribution in [0.1, 0.15) is 65.9 Å². The molecule has 7 aliphatic rings. The van der Waals surface area contributed by atoms with Crippen molar-refractivity contribution in [2.24, 2.45) is 17.3 Å². The average Bonchev–Trinajstić information content (AvgIpc) is 3.44. The molecule has 3 aliphatic carbocycles. The number of alkyl carbamates (subject to hydrolysis) is 1. The summed E-state index contributed by atoms with van der Waals surface area (Å²) in [5.41, 5.74) is 0.555. The van der Waals surface area contributed by atoms with E-state index >= 15 is 0 Å². The largest absolute Gasteiger partial charge is 0.482 e. The van der Waals surface area contributed by atoms with Crippen LogP contribution in [-0.2, 0) is 30.0 Å². The normalized spacial score (nSPS) is 32.3. The van der Waals surface area contributed by atoms with Crippen LogP contribution in [0.4, 0.5) is 4.79 Å². The van der Waals surface area contributed by atoms with Gasteiger partial charge < -0.3 is 29.0 Å². The first-order chi connectivity index (χ1) is 23.9. The maximum absolute atomic E-state index is 13.7. The Hall–Kier alpha value is -2.95. The van der Waals surface area contributed by atoms with E-state index in [1.807, 2.05) is 36.4 Å². The SMILES string of the molecule is CC1(C)[C@@H]2C[C@H]3OB([C@H](Cc4ccccc4)NC(=O)O[C@H]4CCCN(C(=O)C(C#N)=CC(C)(C)N5CCN(C6COC6)CC5)C4)O[C@@]3(C)[C@H]1C2. The number of hydrogen-bond acceptors (Lipinski definition) is 9. The fourth-order valence-corrected chi connectivity index (χ4v) is 9.56. The number of nitriles is 1. The van der Waals surface area contributed by atoms with Gasteiger partial charge in [-0.15, -0.1) is 0 Å². The molecule has 4 saturated heterocycles. The predicted molar refractivity (Wildman–Crippen MR) is 189 cm³/mol. The first-order valence-electron chi connectivity index (χ1n) is 18.7. The van der Waals surface area contributed by atoms with Crippen LogP contribution in [0.5, 0.6) is 0 Å². The van der Waals surface area contributed by atoms with Gasteiger partial charge in [-0.3, -0.25) is 14.6 Å². The van der Waals surface area contributed by atoms with E-state index in [0.29, 0.717) is 43.7 Å². The molecule has 11 nitrogen and oxygen atoms in total. The van der Waals surface area contributed by atoms with E-state index in [-0.39, 0.29) is 29.5 Å². The van der Waals surface area contributed by atoms with Gasteiger partial charge in [0.2, 0.25) is 0 Å². The van der Waals surface area contributed by atoms with Crippen molar-refractivity contribution in [1.82, 2.24) is 20.0 Å². The molecule has 6 atom stereocenters. The summed E-state index contributed by atoms with van der Waals surface area (Å²) in [6.45, 7) is 17.0. The van der Waals surface area contributed by atoms with Crippen molar-refractivity contribution in [3.05, 3.63) is 47.5 Å². The lowest BCUT2D eigenvalue weighted by atomic mass is 9.43. The van der Waals surface area contributed by atoms with Crippen LogP contribution < -0.4 is 5.32 Å². The third-order valence-corrected chi connectivity index (χ3v) is 13.0. The second-order valence-electron chi connectivity index (χ2n) is 16.7. The van der Waals surface area contributed by atoms with Crippen LogP contribution >= 0.6 is 0 Å². The highest BCUT2D eigenvalue weighted by Gasteiger charge is 2.68. The summed E-state index contributed by atoms with van der Waals surface area (Å²) in [6.07, 6.45) is 4.75. The summed E-state index contributed by atoms with van der Waals surface area (Å²) in [4.78, 5) is 33.7. The molecule has 270 valence electrons. The van der Waals surface area contributed by atoms with Gasteiger partial charge >= 0.3 is 13.2 Å². The predicted octanol–water partition coefficient (Wildman–Crippen LogP) is 3.83. The van der Waals surface area contributed by atoms with E-state index in [2.05, 4.69) is 55.8 Å². The van der Waals surface area contributed by atoms with Crippen molar-refractivity contribution in [3.63, 3.8) is 0 Å². The lowest BCUT2D eigenvalue weighted by Crippen LogP contribution is -2.65. The van der Waals surface area contributed by atoms with Crippen molar-refractivity contribution >= 4 is 19.1 Å². The van der Waals surface area contributed by atoms with Crippen LogP contribution in [0.3, 0.4) is 0 Å². The molecule has 2 amide bonds. The molecule has 12 heteroatoms. The molecule has 7 fully saturated rings. The Labute approximate surface area is 297 Å². The van der Waals surface area contributed by atoms with Gasteiger partial charge in [0.1, 0.15) is 17.7 Å². The number of nitrogens with zero attached hydrogens (tertiary/aromatic N) is 4. The number of piperidine rings is 1. The van der Waals surface area contributed by atoms with Gasteiger partial charge in [-0.25, -0.2) is 4.79 Å². The van der Waals surface area contributed by atoms with E-state index in [1.165, 1.54) is 0 Å². The molecule has 0 radical (unpaired) electrons. The fourth-order valence-electron chi connectivity index (χ4n) is 9.56. The van der Waals surface area contributed by atoms with Crippen molar-refractivity contribution in [3.8, 4) is 6.07 Å². The third-order valence-electron chi connectivity index (χ3n) is 13.0. The smallest absolute Gasteiger partial charge is 0.444 e. The summed E-state index contributed by atoms with van der Waals surface area (Å²) in [6, 6.07) is 12.7. The number of carbonyl (C=O) groups excluding carboxylic acids is 2. The fraction of sp³-hybridized carbons (Fsp3) is 0.711. The molecule has 1 aromatic carbocycles. The number of benzene rings is 1. The standard InChI is InChI=1S/C38H54BN5O6/c1-36(2,44-16-14-42(15-17-44)29-24-47-25-29)21-27(22-40)34(45)43-13-9-12-30(23-43)48-35(46)41-33(18-26-10-7-6-8-11-26)39-49-32-20-28-19-31(37(28,3)4)38(32,5)50-39/h6-8,10-11,21,28-33H,9,12-20,23-25H2,1-5H3,(H,41,46)/t28-,30-,31-,32+,33-,38-/m0/s1. The molecule has 0 unspecified atom stereocenters. The number of piperazine rings is 1. The zero-order valence-corrected chi connectivity index (χ0v) is 30.4. The first kappa shape index (κ1) is 35.5. The quantitative estimate of drug-likeness (QED) is 0.235. The van der Waals surface area contributed by atoms with E-state index in [9.17, 15) is 14.9 Å². The van der Waals surface area contributed by atoms with Crippen LogP contribution in [0.25, 0.3) is 0 Å². The van der Waals surface area contributed by atoms with Crippen molar-refractivity contribution < 1.29 is 28.4 Å². The Kier molecular flexibility index (Phi) is 9.85. The Morgan fingerprint density at radius 1 is 1.12 bits per heavy atom. The Morgan fingerprint density at radius 2 is 1.86 bits per heavy atom. The molecule has 4 aliphatic heterocycles. The molecule has 0 spiro atoms. The summed E-state index contributed by atoms with van der Waals surface area (Å²) in [5.74, 6) is 0.273. The molecule has 8 rings (SSSR count). The highest BCUT2D eigenvalue weighted by molar-refractivity contribution is 6.48. The van der Waals surface area contributed by atoms with Gasteiger partial charge in [0.25, 0.3) is 5.91 Å². The van der Waals surface area contributed by atoms with Crippen LogP contribution in [0.2, 0.25) is 0 Å². The summed E-state index contributed by atoms with van der Waals surface area (Å²) < 4.78 is 24.7. The lowest BCUT2D eigenvalue weighted by molar-refractivity contribution is -0.199. The molecular formula is C38H54BN5O6. The van der Waals surface area contributed by atoms with Crippen molar-refractivity contribution in [1.29, 1.82) is 5.26 Å². The summed E-state index contributed by atoms with van der Waals surface area (Å²) in [5, 5.41) is 13.2. The minimum Gasteiger partial charge on any atom is -0.444 e. The number of hydrogen-bond donors (Lipinski definition) is 1. The van der Waals surface area contributed by atoms with Crippen LogP contribution in [-0.4, -0.2) is 122 Å². The van der Waals surface area contributed by atoms with E-state index in [4.69, 9.17) is 18.8 Å². The molecule has 4 heterocycles. The minimum atomic E-state index is -0.598. The molecule has 1 aromatic rings. The number of ether oxygens (including phenoxy) is 2. The lowest BCUT2D eigenvalue weighted by Gasteiger charge is -2.64. The molecule has 3 saturated carbocycles. The van der Waals surface area contributed by atoms with Gasteiger partial charge in [-0.2, -0.15) is 5.26 Å². The highest BCUT2D eigenvalue weighted by atomic mass is 16.7. The molecule has 2 bridgehead atoms. The molecule has 1 N–H and O–H groups in total. The van der Waals surface area contributed by atoms with E-state index in [1.54, 1.807) is 4.90 Å². The minimum absolute atomic E-state index is 0.00214. The van der Waals surface area contributed by atoms with E-state index in [0.717, 1.165) is 57.8 Å². The van der Waals surface area contributed by atoms with Crippen molar-refractivity contribution in [2.45, 2.75) is 102 Å². The van der Waals surface area contributed by atoms with Gasteiger partial charge in [-0.05, 0) is 81.8 Å². The number of carbonyl (C=O) groups is 2. The highest BCUT2D eigenvalue weighted by Crippen LogP contribution is 2.65. The van der Waals surface area contributed by atoms with Gasteiger partial charge in [0.05, 0.1) is 43.4 Å². The number of likely N-dealkylation sites (tertiary alicyclic amines) is 1. The molecule has 50 heavy (non-hydrogen) atoms. The summed E-state index contributed by atoms with van der Waals surface area (Å²) in [7, 11) is -0.598. The van der Waals surface area contributed by atoms with E-state index < -0.39 is 36.4 Å². The third kappa shape index (κ3) is 6.84. The topological polar surface area (TPSA) is 117 Å².